The summed E-state index contributed by atoms with van der Waals surface area (Å²) in [6.07, 6.45) is 0. The first kappa shape index (κ1) is 27.8. The Balaban J connectivity index is 0.00000300. The molecule has 6 aromatic carbocycles. The van der Waals surface area contributed by atoms with Crippen molar-refractivity contribution in [1.82, 2.24) is 4.57 Å². The molecule has 1 aliphatic carbocycles. The summed E-state index contributed by atoms with van der Waals surface area (Å²) in [6.45, 7) is 6.85. The molecule has 0 amide bonds. The van der Waals surface area contributed by atoms with E-state index >= 15 is 0 Å². The summed E-state index contributed by atoms with van der Waals surface area (Å²) in [5, 5.41) is 2.50. The maximum atomic E-state index is 3.44. The van der Waals surface area contributed by atoms with Gasteiger partial charge < -0.3 is 9.47 Å². The van der Waals surface area contributed by atoms with Crippen LogP contribution in [0, 0.1) is 50.2 Å². The zero-order valence-electron chi connectivity index (χ0n) is 24.5. The van der Waals surface area contributed by atoms with Crippen LogP contribution in [0.5, 0.6) is 0 Å². The molecule has 0 radical (unpaired) electrons. The van der Waals surface area contributed by atoms with Crippen molar-refractivity contribution in [3.8, 4) is 16.8 Å². The van der Waals surface area contributed by atoms with E-state index in [0.29, 0.717) is 0 Å². The molecule has 8 rings (SSSR count). The molecular weight excluding hydrogens is 746 g/mol. The number of hydrogen-bond acceptors (Lipinski definition) is 1. The maximum absolute atomic E-state index is 3.44. The number of anilines is 3. The van der Waals surface area contributed by atoms with Crippen molar-refractivity contribution in [2.75, 3.05) is 4.90 Å². The van der Waals surface area contributed by atoms with Crippen molar-refractivity contribution in [2.45, 2.75) is 26.2 Å². The normalized spacial score (nSPS) is 13.0. The zero-order chi connectivity index (χ0) is 28.4. The predicted octanol–water partition coefficient (Wildman–Crippen LogP) is 10.5. The molecule has 0 fully saturated rings. The van der Waals surface area contributed by atoms with E-state index in [-0.39, 0.29) is 36.5 Å². The van der Waals surface area contributed by atoms with Crippen LogP contribution < -0.4 is 4.90 Å². The molecule has 3 heteroatoms. The van der Waals surface area contributed by atoms with Gasteiger partial charge in [-0.05, 0) is 71.6 Å². The zero-order valence-corrected chi connectivity index (χ0v) is 28.7. The summed E-state index contributed by atoms with van der Waals surface area (Å²) in [6, 6.07) is 52.6. The van der Waals surface area contributed by atoms with E-state index in [2.05, 4.69) is 145 Å². The van der Waals surface area contributed by atoms with Gasteiger partial charge in [-0.15, -0.1) is 12.1 Å². The molecule has 0 aliphatic heterocycles. The first-order chi connectivity index (χ1) is 20.5. The summed E-state index contributed by atoms with van der Waals surface area (Å²) in [7, 11) is 0. The third-order valence-electron chi connectivity index (χ3n) is 8.87. The predicted molar refractivity (Wildman–Crippen MR) is 175 cm³/mol. The molecule has 0 atom stereocenters. The Morgan fingerprint density at radius 3 is 1.93 bits per heavy atom. The van der Waals surface area contributed by atoms with Gasteiger partial charge in [0.05, 0.1) is 11.0 Å². The average molecular weight is 777 g/mol. The van der Waals surface area contributed by atoms with Crippen LogP contribution in [0.3, 0.4) is 0 Å². The molecule has 0 spiro atoms. The molecule has 0 saturated carbocycles. The van der Waals surface area contributed by atoms with Crippen molar-refractivity contribution in [2.24, 2.45) is 0 Å². The Hall–Kier alpha value is -4.03. The van der Waals surface area contributed by atoms with Crippen LogP contribution >= 0.6 is 0 Å². The van der Waals surface area contributed by atoms with E-state index in [9.17, 15) is 0 Å². The molecule has 1 aliphatic rings. The van der Waals surface area contributed by atoms with Crippen molar-refractivity contribution < 1.29 is 31.1 Å². The molecule has 0 saturated heterocycles. The molecule has 0 unspecified atom stereocenters. The van der Waals surface area contributed by atoms with E-state index in [4.69, 9.17) is 0 Å². The van der Waals surface area contributed by atoms with Crippen LogP contribution in [0.2, 0.25) is 0 Å². The summed E-state index contributed by atoms with van der Waals surface area (Å²) in [4.78, 5) is 2.24. The summed E-state index contributed by atoms with van der Waals surface area (Å²) >= 11 is 0. The van der Waals surface area contributed by atoms with E-state index in [1.54, 1.807) is 0 Å². The second kappa shape index (κ2) is 10.6. The molecule has 7 aromatic rings. The van der Waals surface area contributed by atoms with Gasteiger partial charge in [-0.3, -0.25) is 0 Å². The van der Waals surface area contributed by atoms with Crippen molar-refractivity contribution >= 4 is 38.9 Å². The second-order valence-electron chi connectivity index (χ2n) is 11.8. The van der Waals surface area contributed by atoms with Crippen molar-refractivity contribution in [1.29, 1.82) is 0 Å². The fraction of sp³-hybridized carbons (Fsp3) is 0.100. The van der Waals surface area contributed by atoms with Crippen molar-refractivity contribution in [3.63, 3.8) is 0 Å². The van der Waals surface area contributed by atoms with Gasteiger partial charge in [0.1, 0.15) is 0 Å². The van der Waals surface area contributed by atoms with Gasteiger partial charge in [-0.2, -0.15) is 48.5 Å². The van der Waals surface area contributed by atoms with Crippen LogP contribution in [0.15, 0.2) is 127 Å². The number of fused-ring (bicyclic) bond motifs is 6. The molecule has 1 heterocycles. The Morgan fingerprint density at radius 1 is 0.605 bits per heavy atom. The van der Waals surface area contributed by atoms with Gasteiger partial charge in [0, 0.05) is 27.6 Å². The van der Waals surface area contributed by atoms with Crippen LogP contribution in [-0.4, -0.2) is 4.57 Å². The Bertz CT molecular complexity index is 2070. The second-order valence-corrected chi connectivity index (χ2v) is 11.8. The molecule has 1 aromatic heterocycles. The van der Waals surface area contributed by atoms with E-state index in [1.807, 2.05) is 24.3 Å². The quantitative estimate of drug-likeness (QED) is 0.162. The van der Waals surface area contributed by atoms with E-state index in [1.165, 1.54) is 55.3 Å². The maximum Gasteiger partial charge on any atom is 2.00 e. The Kier molecular flexibility index (Phi) is 6.85. The molecule has 0 N–H and O–H groups in total. The minimum absolute atomic E-state index is 0. The fourth-order valence-electron chi connectivity index (χ4n) is 6.77. The number of nitrogens with zero attached hydrogens (tertiary/aromatic N) is 2. The number of para-hydroxylation sites is 2. The van der Waals surface area contributed by atoms with Gasteiger partial charge in [-0.25, -0.2) is 0 Å². The standard InChI is InChI=1S/C40H30N2.U/c1-27-18-20-30(21-19-27)42-38-23-22-31(41(28-12-6-4-7-13-28)29-14-8-5-9-15-29)24-34(38)35-25-37-33(26-39(35)42)32-16-10-11-17-36(32)40(37,2)3;/h4-12,14,16-26H,1-3H3;/q-2;+2. The number of aromatic nitrogens is 1. The van der Waals surface area contributed by atoms with E-state index < -0.39 is 0 Å². The molecule has 0 bridgehead atoms. The third kappa shape index (κ3) is 4.38. The number of rotatable bonds is 4. The molecule has 43 heavy (non-hydrogen) atoms. The van der Waals surface area contributed by atoms with Crippen molar-refractivity contribution in [3.05, 3.63) is 156 Å². The van der Waals surface area contributed by atoms with Gasteiger partial charge in [0.15, 0.2) is 0 Å². The molecule has 204 valence electrons. The van der Waals surface area contributed by atoms with E-state index in [0.717, 1.165) is 17.1 Å². The minimum Gasteiger partial charge on any atom is -0.358 e. The monoisotopic (exact) mass is 776 g/mol. The van der Waals surface area contributed by atoms with Crippen LogP contribution in [0.25, 0.3) is 38.6 Å². The van der Waals surface area contributed by atoms with Crippen LogP contribution in [0.4, 0.5) is 17.1 Å². The van der Waals surface area contributed by atoms with Gasteiger partial charge >= 0.3 is 31.1 Å². The SMILES string of the molecule is Cc1ccc(-n2c3ccc(N(c4[c-]cccc4)c4[c-]cccc4)cc3c3cc4c(cc32)-c2ccccc2C4(C)C)cc1.[U+2]. The first-order valence-electron chi connectivity index (χ1n) is 14.5. The Morgan fingerprint density at radius 2 is 1.26 bits per heavy atom. The Labute approximate surface area is 277 Å². The van der Waals surface area contributed by atoms with Crippen LogP contribution in [-0.2, 0) is 5.41 Å². The van der Waals surface area contributed by atoms with Gasteiger partial charge in [0.2, 0.25) is 0 Å². The topological polar surface area (TPSA) is 8.17 Å². The number of benzene rings is 6. The molecular formula is C40H30N2U. The fourth-order valence-corrected chi connectivity index (χ4v) is 6.77. The van der Waals surface area contributed by atoms with Gasteiger partial charge in [0.25, 0.3) is 0 Å². The number of aryl methyl sites for hydroxylation is 1. The summed E-state index contributed by atoms with van der Waals surface area (Å²) < 4.78 is 2.43. The summed E-state index contributed by atoms with van der Waals surface area (Å²) in [5.41, 5.74) is 13.3. The summed E-state index contributed by atoms with van der Waals surface area (Å²) in [5.74, 6) is 0. The number of hydrogen-bond donors (Lipinski definition) is 0. The largest absolute Gasteiger partial charge is 2.00 e. The van der Waals surface area contributed by atoms with Gasteiger partial charge in [-0.1, -0.05) is 67.2 Å². The van der Waals surface area contributed by atoms with Crippen LogP contribution in [0.1, 0.15) is 30.5 Å². The molecule has 2 nitrogen and oxygen atoms in total. The smallest absolute Gasteiger partial charge is 0.358 e. The first-order valence-corrected chi connectivity index (χ1v) is 14.5. The average Bonchev–Trinajstić information content (AvgIpc) is 3.46. The minimum atomic E-state index is -0.0694. The third-order valence-corrected chi connectivity index (χ3v) is 8.87.